The lowest BCUT2D eigenvalue weighted by Crippen LogP contribution is -2.30. The van der Waals surface area contributed by atoms with Crippen molar-refractivity contribution in [1.29, 1.82) is 0 Å². The van der Waals surface area contributed by atoms with E-state index in [-0.39, 0.29) is 12.2 Å². The van der Waals surface area contributed by atoms with E-state index in [1.54, 1.807) is 11.3 Å². The first-order valence-corrected chi connectivity index (χ1v) is 14.1. The van der Waals surface area contributed by atoms with Gasteiger partial charge in [-0.3, -0.25) is 14.4 Å². The number of aryl methyl sites for hydroxylation is 1. The standard InChI is InChI=1S/C28H31ClN6OS/c1-18-24(17-30-3)37-28-25(18)26(20-9-11-21(29)12-10-20)31-23(27-33-32-19(2)35(27)28)16-22(36)8-7-15-34-13-5-4-6-14-34/h9-12,23H,4-8,13-17H2,1-2H3/t23-/m0/s1. The average Bonchev–Trinajstić information content (AvgIpc) is 3.38. The molecule has 0 spiro atoms. The first kappa shape index (κ1) is 25.8. The Morgan fingerprint density at radius 3 is 2.65 bits per heavy atom. The lowest BCUT2D eigenvalue weighted by Gasteiger charge is -2.26. The Kier molecular flexibility index (Phi) is 7.84. The number of nitrogens with zero attached hydrogens (tertiary/aromatic N) is 6. The van der Waals surface area contributed by atoms with Crippen molar-refractivity contribution < 1.29 is 4.79 Å². The number of rotatable bonds is 8. The molecule has 7 nitrogen and oxygen atoms in total. The van der Waals surface area contributed by atoms with Gasteiger partial charge < -0.3 is 9.74 Å². The van der Waals surface area contributed by atoms with Gasteiger partial charge >= 0.3 is 0 Å². The molecule has 4 heterocycles. The fraction of sp³-hybridized carbons (Fsp3) is 0.464. The molecule has 1 aromatic carbocycles. The zero-order chi connectivity index (χ0) is 25.9. The number of carbonyl (C=O) groups excluding carboxylic acids is 1. The van der Waals surface area contributed by atoms with E-state index in [2.05, 4.69) is 19.9 Å². The van der Waals surface area contributed by atoms with Crippen LogP contribution in [-0.2, 0) is 11.3 Å². The van der Waals surface area contributed by atoms with E-state index in [4.69, 9.17) is 23.2 Å². The molecule has 9 heteroatoms. The van der Waals surface area contributed by atoms with Crippen molar-refractivity contribution in [2.45, 2.75) is 65.0 Å². The topological polar surface area (TPSA) is 67.7 Å². The fourth-order valence-electron chi connectivity index (χ4n) is 5.29. The van der Waals surface area contributed by atoms with E-state index in [1.807, 2.05) is 42.7 Å². The van der Waals surface area contributed by atoms with Gasteiger partial charge in [0.25, 0.3) is 0 Å². The number of halogens is 1. The molecular weight excluding hydrogens is 504 g/mol. The summed E-state index contributed by atoms with van der Waals surface area (Å²) in [6, 6.07) is 7.22. The van der Waals surface area contributed by atoms with E-state index in [1.165, 1.54) is 19.3 Å². The van der Waals surface area contributed by atoms with Crippen molar-refractivity contribution >= 4 is 34.4 Å². The minimum Gasteiger partial charge on any atom is -0.311 e. The summed E-state index contributed by atoms with van der Waals surface area (Å²) in [6.45, 7) is 15.0. The second kappa shape index (κ2) is 11.3. The molecule has 37 heavy (non-hydrogen) atoms. The number of Topliss-reactive ketones (excluding diaryl/α,β-unsaturated/α-hetero) is 1. The molecule has 192 valence electrons. The highest BCUT2D eigenvalue weighted by atomic mass is 35.5. The van der Waals surface area contributed by atoms with Crippen molar-refractivity contribution in [3.8, 4) is 5.00 Å². The smallest absolute Gasteiger partial charge is 0.249 e. The normalized spacial score (nSPS) is 17.5. The van der Waals surface area contributed by atoms with Crippen LogP contribution in [0.2, 0.25) is 5.02 Å². The molecule has 0 bridgehead atoms. The van der Waals surface area contributed by atoms with Crippen LogP contribution in [0, 0.1) is 20.4 Å². The maximum Gasteiger partial charge on any atom is 0.249 e. The molecule has 0 saturated carbocycles. The second-order valence-corrected chi connectivity index (χ2v) is 11.4. The van der Waals surface area contributed by atoms with Crippen LogP contribution in [0.4, 0.5) is 0 Å². The molecule has 1 saturated heterocycles. The number of piperidine rings is 1. The third-order valence-corrected chi connectivity index (χ3v) is 8.75. The zero-order valence-corrected chi connectivity index (χ0v) is 22.9. The number of aromatic nitrogens is 3. The minimum absolute atomic E-state index is 0.198. The third-order valence-electron chi connectivity index (χ3n) is 7.24. The van der Waals surface area contributed by atoms with E-state index >= 15 is 0 Å². The Hall–Kier alpha value is -2.86. The lowest BCUT2D eigenvalue weighted by atomic mass is 9.99. The van der Waals surface area contributed by atoms with Crippen LogP contribution in [0.3, 0.4) is 0 Å². The summed E-state index contributed by atoms with van der Waals surface area (Å²) in [7, 11) is 0. The van der Waals surface area contributed by atoms with E-state index in [9.17, 15) is 4.79 Å². The van der Waals surface area contributed by atoms with E-state index < -0.39 is 6.04 Å². The molecule has 0 aliphatic carbocycles. The van der Waals surface area contributed by atoms with Crippen molar-refractivity contribution in [2.75, 3.05) is 19.6 Å². The average molecular weight is 535 g/mol. The van der Waals surface area contributed by atoms with Crippen LogP contribution >= 0.6 is 22.9 Å². The lowest BCUT2D eigenvalue weighted by molar-refractivity contribution is -0.119. The van der Waals surface area contributed by atoms with Gasteiger partial charge in [0.05, 0.1) is 10.6 Å². The summed E-state index contributed by atoms with van der Waals surface area (Å²) in [5.74, 6) is 1.63. The van der Waals surface area contributed by atoms with Gasteiger partial charge in [0.2, 0.25) is 6.54 Å². The summed E-state index contributed by atoms with van der Waals surface area (Å²) < 4.78 is 2.04. The van der Waals surface area contributed by atoms with Crippen molar-refractivity contribution in [1.82, 2.24) is 19.7 Å². The first-order valence-electron chi connectivity index (χ1n) is 12.9. The highest BCUT2D eigenvalue weighted by molar-refractivity contribution is 7.15. The number of hydrogen-bond donors (Lipinski definition) is 0. The van der Waals surface area contributed by atoms with Gasteiger partial charge in [-0.15, -0.1) is 21.5 Å². The number of aliphatic imine (C=N–C) groups is 1. The largest absolute Gasteiger partial charge is 0.311 e. The maximum absolute atomic E-state index is 13.2. The number of hydrogen-bond acceptors (Lipinski definition) is 6. The molecule has 2 aliphatic heterocycles. The van der Waals surface area contributed by atoms with Crippen LogP contribution < -0.4 is 0 Å². The Balaban J connectivity index is 1.49. The first-order chi connectivity index (χ1) is 18.0. The zero-order valence-electron chi connectivity index (χ0n) is 21.3. The van der Waals surface area contributed by atoms with Crippen molar-refractivity contribution in [3.63, 3.8) is 0 Å². The Morgan fingerprint density at radius 1 is 1.16 bits per heavy atom. The highest BCUT2D eigenvalue weighted by Crippen LogP contribution is 2.40. The number of ketones is 1. The monoisotopic (exact) mass is 534 g/mol. The van der Waals surface area contributed by atoms with Gasteiger partial charge in [-0.25, -0.2) is 6.57 Å². The molecule has 3 aromatic rings. The van der Waals surface area contributed by atoms with Crippen LogP contribution in [0.5, 0.6) is 0 Å². The summed E-state index contributed by atoms with van der Waals surface area (Å²) in [5.41, 5.74) is 3.76. The molecule has 0 radical (unpaired) electrons. The van der Waals surface area contributed by atoms with Gasteiger partial charge in [0.15, 0.2) is 5.82 Å². The van der Waals surface area contributed by atoms with Crippen LogP contribution in [0.1, 0.15) is 77.8 Å². The maximum atomic E-state index is 13.2. The predicted octanol–water partition coefficient (Wildman–Crippen LogP) is 6.14. The second-order valence-electron chi connectivity index (χ2n) is 9.84. The van der Waals surface area contributed by atoms with E-state index in [0.29, 0.717) is 23.8 Å². The van der Waals surface area contributed by atoms with Gasteiger partial charge in [0, 0.05) is 29.0 Å². The summed E-state index contributed by atoms with van der Waals surface area (Å²) in [6.07, 6.45) is 5.54. The van der Waals surface area contributed by atoms with Gasteiger partial charge in [-0.2, -0.15) is 0 Å². The minimum atomic E-state index is -0.433. The van der Waals surface area contributed by atoms with E-state index in [0.717, 1.165) is 64.2 Å². The predicted molar refractivity (Wildman–Crippen MR) is 148 cm³/mol. The number of carbonyl (C=O) groups is 1. The molecule has 5 rings (SSSR count). The number of likely N-dealkylation sites (tertiary alicyclic amines) is 1. The van der Waals surface area contributed by atoms with Gasteiger partial charge in [-0.1, -0.05) is 30.2 Å². The van der Waals surface area contributed by atoms with Crippen molar-refractivity contribution in [2.24, 2.45) is 4.99 Å². The van der Waals surface area contributed by atoms with Gasteiger partial charge in [-0.05, 0) is 70.4 Å². The molecular formula is C28H31ClN6OS. The van der Waals surface area contributed by atoms with Crippen molar-refractivity contribution in [3.05, 3.63) is 73.9 Å². The summed E-state index contributed by atoms with van der Waals surface area (Å²) in [5, 5.41) is 10.5. The number of thiophene rings is 1. The Labute approximate surface area is 227 Å². The molecule has 1 atom stereocenters. The van der Waals surface area contributed by atoms with Gasteiger partial charge in [0.1, 0.15) is 22.7 Å². The fourth-order valence-corrected chi connectivity index (χ4v) is 6.70. The molecule has 0 N–H and O–H groups in total. The van der Waals surface area contributed by atoms with Crippen LogP contribution in [0.25, 0.3) is 9.85 Å². The number of fused-ring (bicyclic) bond motifs is 3. The highest BCUT2D eigenvalue weighted by Gasteiger charge is 2.33. The number of benzene rings is 1. The molecule has 0 unspecified atom stereocenters. The van der Waals surface area contributed by atoms with Crippen LogP contribution in [0.15, 0.2) is 29.3 Å². The summed E-state index contributed by atoms with van der Waals surface area (Å²) >= 11 is 7.78. The molecule has 1 fully saturated rings. The third kappa shape index (κ3) is 5.40. The SMILES string of the molecule is [C-]#[N+]Cc1sc2c(c1C)C(c1ccc(Cl)cc1)=N[C@@H](CC(=O)CCCN1CCCCC1)c1nnc(C)n1-2. The molecule has 0 amide bonds. The molecule has 2 aliphatic rings. The Morgan fingerprint density at radius 2 is 1.92 bits per heavy atom. The van der Waals surface area contributed by atoms with Crippen LogP contribution in [-0.4, -0.2) is 50.8 Å². The molecule has 2 aromatic heterocycles. The summed E-state index contributed by atoms with van der Waals surface area (Å²) in [4.78, 5) is 25.5. The Bertz CT molecular complexity index is 1360. The quantitative estimate of drug-likeness (QED) is 0.326.